The van der Waals surface area contributed by atoms with Crippen LogP contribution in [0.1, 0.15) is 20.8 Å². The Morgan fingerprint density at radius 1 is 1.21 bits per heavy atom. The second kappa shape index (κ2) is 6.57. The molecule has 2 amide bonds. The summed E-state index contributed by atoms with van der Waals surface area (Å²) in [7, 11) is 1.58. The van der Waals surface area contributed by atoms with Crippen LogP contribution in [0, 0.1) is 0 Å². The molecule has 0 saturated carbocycles. The van der Waals surface area contributed by atoms with E-state index >= 15 is 0 Å². The molecule has 0 aliphatic rings. The number of hydrogen-bond donors (Lipinski definition) is 2. The summed E-state index contributed by atoms with van der Waals surface area (Å²) in [6.07, 6.45) is -1.50. The third-order valence-electron chi connectivity index (χ3n) is 2.78. The van der Waals surface area contributed by atoms with Crippen LogP contribution in [0.4, 0.5) is 15.3 Å². The minimum Gasteiger partial charge on any atom is -0.444 e. The number of primary amides is 1. The van der Waals surface area contributed by atoms with Gasteiger partial charge in [0.1, 0.15) is 5.60 Å². The highest BCUT2D eigenvalue weighted by molar-refractivity contribution is 5.85. The Hall–Kier alpha value is -3.10. The molecule has 1 aromatic heterocycles. The van der Waals surface area contributed by atoms with Gasteiger partial charge in [0.2, 0.25) is 0 Å². The number of anilines is 1. The highest BCUT2D eigenvalue weighted by Crippen LogP contribution is 2.28. The minimum atomic E-state index is -0.954. The van der Waals surface area contributed by atoms with E-state index < -0.39 is 17.8 Å². The van der Waals surface area contributed by atoms with Gasteiger partial charge < -0.3 is 15.2 Å². The smallest absolute Gasteiger partial charge is 0.412 e. The number of nitrogens with two attached hydrogens (primary N) is 1. The van der Waals surface area contributed by atoms with Crippen molar-refractivity contribution in [2.45, 2.75) is 26.4 Å². The predicted octanol–water partition coefficient (Wildman–Crippen LogP) is 2.29. The number of aromatic nitrogens is 3. The lowest BCUT2D eigenvalue weighted by Gasteiger charge is -2.19. The predicted molar refractivity (Wildman–Crippen MR) is 86.5 cm³/mol. The maximum absolute atomic E-state index is 11.7. The molecule has 0 aliphatic carbocycles. The van der Waals surface area contributed by atoms with Gasteiger partial charge in [0.25, 0.3) is 5.88 Å². The van der Waals surface area contributed by atoms with Crippen molar-refractivity contribution in [3.05, 3.63) is 24.3 Å². The number of nitrogens with one attached hydrogen (secondary N) is 1. The third-order valence-corrected chi connectivity index (χ3v) is 2.78. The second-order valence-electron chi connectivity index (χ2n) is 5.99. The second-order valence-corrected chi connectivity index (χ2v) is 5.99. The van der Waals surface area contributed by atoms with Gasteiger partial charge in [0.05, 0.1) is 0 Å². The van der Waals surface area contributed by atoms with Crippen molar-refractivity contribution < 1.29 is 19.1 Å². The van der Waals surface area contributed by atoms with Crippen LogP contribution in [-0.4, -0.2) is 32.8 Å². The zero-order chi connectivity index (χ0) is 17.9. The first kappa shape index (κ1) is 17.3. The molecule has 1 aromatic carbocycles. The average molecular weight is 333 g/mol. The molecule has 2 rings (SSSR count). The fraction of sp³-hybridized carbons (Fsp3) is 0.333. The number of aryl methyl sites for hydroxylation is 1. The molecule has 0 atom stereocenters. The molecule has 2 aromatic rings. The zero-order valence-electron chi connectivity index (χ0n) is 13.9. The molecule has 0 fully saturated rings. The fourth-order valence-corrected chi connectivity index (χ4v) is 1.87. The van der Waals surface area contributed by atoms with Crippen molar-refractivity contribution in [1.29, 1.82) is 0 Å². The normalized spacial score (nSPS) is 11.0. The maximum atomic E-state index is 11.7. The summed E-state index contributed by atoms with van der Waals surface area (Å²) in [6, 6.07) is 6.74. The molecule has 3 N–H and O–H groups in total. The van der Waals surface area contributed by atoms with Crippen LogP contribution in [-0.2, 0) is 11.8 Å². The highest BCUT2D eigenvalue weighted by Gasteiger charge is 2.18. The summed E-state index contributed by atoms with van der Waals surface area (Å²) >= 11 is 0. The lowest BCUT2D eigenvalue weighted by atomic mass is 10.1. The van der Waals surface area contributed by atoms with Gasteiger partial charge in [-0.25, -0.2) is 14.3 Å². The van der Waals surface area contributed by atoms with Crippen molar-refractivity contribution in [2.24, 2.45) is 12.8 Å². The van der Waals surface area contributed by atoms with E-state index in [9.17, 15) is 9.59 Å². The number of benzene rings is 1. The summed E-state index contributed by atoms with van der Waals surface area (Å²) in [5, 5.41) is 10.4. The minimum absolute atomic E-state index is 0.135. The van der Waals surface area contributed by atoms with Crippen LogP contribution in [0.25, 0.3) is 11.3 Å². The van der Waals surface area contributed by atoms with Gasteiger partial charge in [0, 0.05) is 18.3 Å². The van der Waals surface area contributed by atoms with Crippen LogP contribution in [0.3, 0.4) is 0 Å². The fourth-order valence-electron chi connectivity index (χ4n) is 1.87. The van der Waals surface area contributed by atoms with Gasteiger partial charge >= 0.3 is 12.2 Å². The molecular formula is C15H19N5O4. The monoisotopic (exact) mass is 333 g/mol. The number of nitrogens with zero attached hydrogens (tertiary/aromatic N) is 3. The molecule has 128 valence electrons. The van der Waals surface area contributed by atoms with Crippen molar-refractivity contribution in [3.8, 4) is 17.1 Å². The van der Waals surface area contributed by atoms with Gasteiger partial charge in [-0.1, -0.05) is 17.3 Å². The van der Waals surface area contributed by atoms with Gasteiger partial charge in [0.15, 0.2) is 5.69 Å². The molecule has 0 aliphatic heterocycles. The summed E-state index contributed by atoms with van der Waals surface area (Å²) in [5.41, 5.74) is 6.02. The van der Waals surface area contributed by atoms with E-state index in [1.165, 1.54) is 4.68 Å². The van der Waals surface area contributed by atoms with Crippen LogP contribution < -0.4 is 15.8 Å². The van der Waals surface area contributed by atoms with Crippen LogP contribution >= 0.6 is 0 Å². The van der Waals surface area contributed by atoms with Crippen molar-refractivity contribution in [2.75, 3.05) is 5.32 Å². The Kier molecular flexibility index (Phi) is 4.72. The van der Waals surface area contributed by atoms with Gasteiger partial charge in [-0.05, 0) is 32.9 Å². The molecule has 0 unspecified atom stereocenters. The van der Waals surface area contributed by atoms with E-state index in [0.717, 1.165) is 0 Å². The zero-order valence-corrected chi connectivity index (χ0v) is 13.9. The first-order valence-corrected chi connectivity index (χ1v) is 7.13. The molecule has 9 nitrogen and oxygen atoms in total. The average Bonchev–Trinajstić information content (AvgIpc) is 2.78. The Balaban J connectivity index is 2.16. The van der Waals surface area contributed by atoms with Gasteiger partial charge in [-0.2, -0.15) is 0 Å². The number of hydrogen-bond acceptors (Lipinski definition) is 6. The van der Waals surface area contributed by atoms with E-state index in [2.05, 4.69) is 15.6 Å². The number of carbonyl (C=O) groups is 2. The Labute approximate surface area is 138 Å². The number of amides is 2. The van der Waals surface area contributed by atoms with Crippen LogP contribution in [0.15, 0.2) is 24.3 Å². The number of ether oxygens (including phenoxy) is 2. The van der Waals surface area contributed by atoms with Crippen LogP contribution in [0.2, 0.25) is 0 Å². The lowest BCUT2D eigenvalue weighted by Crippen LogP contribution is -2.27. The van der Waals surface area contributed by atoms with Crippen molar-refractivity contribution >= 4 is 17.9 Å². The summed E-state index contributed by atoms with van der Waals surface area (Å²) < 4.78 is 11.4. The Bertz CT molecular complexity index is 746. The van der Waals surface area contributed by atoms with E-state index in [0.29, 0.717) is 16.9 Å². The van der Waals surface area contributed by atoms with Gasteiger partial charge in [-0.15, -0.1) is 5.10 Å². The molecule has 0 spiro atoms. The molecule has 24 heavy (non-hydrogen) atoms. The largest absolute Gasteiger partial charge is 0.444 e. The molecular weight excluding hydrogens is 314 g/mol. The Morgan fingerprint density at radius 3 is 2.38 bits per heavy atom. The first-order valence-electron chi connectivity index (χ1n) is 7.13. The third kappa shape index (κ3) is 4.45. The molecule has 9 heteroatoms. The van der Waals surface area contributed by atoms with Crippen molar-refractivity contribution in [1.82, 2.24) is 15.0 Å². The van der Waals surface area contributed by atoms with Crippen LogP contribution in [0.5, 0.6) is 5.88 Å². The summed E-state index contributed by atoms with van der Waals surface area (Å²) in [6.45, 7) is 5.35. The summed E-state index contributed by atoms with van der Waals surface area (Å²) in [4.78, 5) is 22.7. The molecule has 1 heterocycles. The Morgan fingerprint density at radius 2 is 1.83 bits per heavy atom. The summed E-state index contributed by atoms with van der Waals surface area (Å²) in [5.74, 6) is 0.135. The van der Waals surface area contributed by atoms with E-state index in [4.69, 9.17) is 15.2 Å². The molecule has 0 radical (unpaired) electrons. The molecule has 0 saturated heterocycles. The number of rotatable bonds is 3. The van der Waals surface area contributed by atoms with E-state index in [-0.39, 0.29) is 5.88 Å². The highest BCUT2D eigenvalue weighted by atomic mass is 16.6. The van der Waals surface area contributed by atoms with Crippen molar-refractivity contribution in [3.63, 3.8) is 0 Å². The molecule has 0 bridgehead atoms. The standard InChI is InChI=1S/C15H19N5O4/c1-15(2,3)24-14(22)17-10-7-5-9(6-8-10)11-12(23-13(16)21)20(4)19-18-11/h5-8H,1-4H3,(H2,16,21)(H,17,22). The SMILES string of the molecule is Cn1nnc(-c2ccc(NC(=O)OC(C)(C)C)cc2)c1OC(N)=O. The maximum Gasteiger partial charge on any atom is 0.412 e. The topological polar surface area (TPSA) is 121 Å². The quantitative estimate of drug-likeness (QED) is 0.888. The first-order chi connectivity index (χ1) is 11.2. The van der Waals surface area contributed by atoms with E-state index in [1.54, 1.807) is 52.1 Å². The van der Waals surface area contributed by atoms with E-state index in [1.807, 2.05) is 0 Å². The number of carbonyl (C=O) groups excluding carboxylic acids is 2. The lowest BCUT2D eigenvalue weighted by molar-refractivity contribution is 0.0636. The van der Waals surface area contributed by atoms with Gasteiger partial charge in [-0.3, -0.25) is 5.32 Å².